The molecule has 0 spiro atoms. The molecule has 0 unspecified atom stereocenters. The van der Waals surface area contributed by atoms with E-state index in [0.717, 1.165) is 0 Å². The largest absolute Gasteiger partial charge is 0.545 e. The summed E-state index contributed by atoms with van der Waals surface area (Å²) < 4.78 is 12.2. The average molecular weight is 510 g/mol. The maximum atomic E-state index is 12.6. The average Bonchev–Trinajstić information content (AvgIpc) is 3.36. The number of nitrogens with one attached hydrogen (secondary N) is 1. The van der Waals surface area contributed by atoms with E-state index < -0.39 is 17.0 Å². The van der Waals surface area contributed by atoms with Gasteiger partial charge in [0.2, 0.25) is 18.2 Å². The van der Waals surface area contributed by atoms with Crippen LogP contribution in [0, 0.1) is 0 Å². The van der Waals surface area contributed by atoms with E-state index in [4.69, 9.17) is 21.7 Å². The zero-order valence-corrected chi connectivity index (χ0v) is 20.0. The third-order valence-electron chi connectivity index (χ3n) is 6.07. The molecule has 0 atom stereocenters. The van der Waals surface area contributed by atoms with Crippen molar-refractivity contribution in [3.05, 3.63) is 51.9 Å². The van der Waals surface area contributed by atoms with E-state index in [1.54, 1.807) is 22.8 Å². The number of ether oxygens (including phenoxy) is 2. The third kappa shape index (κ3) is 4.28. The van der Waals surface area contributed by atoms with Gasteiger partial charge in [-0.3, -0.25) is 14.9 Å². The lowest BCUT2D eigenvalue weighted by molar-refractivity contribution is -0.255. The van der Waals surface area contributed by atoms with Gasteiger partial charge in [0, 0.05) is 50.7 Å². The third-order valence-corrected chi connectivity index (χ3v) is 6.43. The molecule has 2 aromatic heterocycles. The molecule has 1 N–H and O–H groups in total. The van der Waals surface area contributed by atoms with Crippen LogP contribution in [0.4, 0.5) is 5.95 Å². The number of anilines is 1. The van der Waals surface area contributed by atoms with Crippen LogP contribution in [-0.2, 0) is 6.54 Å². The summed E-state index contributed by atoms with van der Waals surface area (Å²) in [6.45, 7) is 4.46. The molecule has 5 rings (SSSR count). The number of amides is 1. The van der Waals surface area contributed by atoms with Crippen molar-refractivity contribution in [1.82, 2.24) is 24.8 Å². The minimum atomic E-state index is -1.54. The van der Waals surface area contributed by atoms with Crippen LogP contribution >= 0.6 is 12.2 Å². The second-order valence-corrected chi connectivity index (χ2v) is 8.54. The smallest absolute Gasteiger partial charge is 0.257 e. The highest BCUT2D eigenvalue weighted by molar-refractivity contribution is 7.80. The van der Waals surface area contributed by atoms with E-state index in [1.807, 2.05) is 16.7 Å². The van der Waals surface area contributed by atoms with E-state index in [-0.39, 0.29) is 18.1 Å². The molecular weight excluding hydrogens is 488 g/mol. The lowest BCUT2D eigenvalue weighted by Crippen LogP contribution is -2.53. The van der Waals surface area contributed by atoms with Gasteiger partial charge in [-0.2, -0.15) is 4.98 Å². The maximum absolute atomic E-state index is 12.6. The van der Waals surface area contributed by atoms with E-state index in [1.165, 1.54) is 12.4 Å². The summed E-state index contributed by atoms with van der Waals surface area (Å²) in [6.07, 6.45) is 2.59. The Labute approximate surface area is 210 Å². The van der Waals surface area contributed by atoms with Crippen LogP contribution < -0.4 is 30.2 Å². The molecule has 1 saturated heterocycles. The molecule has 0 aliphatic carbocycles. The van der Waals surface area contributed by atoms with E-state index in [0.29, 0.717) is 66.5 Å². The second-order valence-electron chi connectivity index (χ2n) is 8.15. The molecule has 13 heteroatoms. The predicted molar refractivity (Wildman–Crippen MR) is 130 cm³/mol. The van der Waals surface area contributed by atoms with Gasteiger partial charge in [0.05, 0.1) is 16.9 Å². The lowest BCUT2D eigenvalue weighted by atomic mass is 10.2. The van der Waals surface area contributed by atoms with Crippen LogP contribution in [0.15, 0.2) is 35.4 Å². The number of thiocarbonyl (C=S) groups is 1. The summed E-state index contributed by atoms with van der Waals surface area (Å²) in [7, 11) is 0. The Morgan fingerprint density at radius 2 is 1.92 bits per heavy atom. The van der Waals surface area contributed by atoms with Gasteiger partial charge in [-0.1, -0.05) is 0 Å². The molecule has 4 heterocycles. The van der Waals surface area contributed by atoms with E-state index in [2.05, 4.69) is 15.3 Å². The van der Waals surface area contributed by atoms with Crippen molar-refractivity contribution >= 4 is 46.2 Å². The van der Waals surface area contributed by atoms with Crippen LogP contribution in [0.2, 0.25) is 0 Å². The van der Waals surface area contributed by atoms with Gasteiger partial charge in [0.25, 0.3) is 5.91 Å². The minimum absolute atomic E-state index is 0.119. The van der Waals surface area contributed by atoms with Gasteiger partial charge in [-0.05, 0) is 37.3 Å². The first-order valence-corrected chi connectivity index (χ1v) is 11.6. The Morgan fingerprint density at radius 3 is 2.64 bits per heavy atom. The first-order chi connectivity index (χ1) is 17.4. The summed E-state index contributed by atoms with van der Waals surface area (Å²) in [5.74, 6) is -0.350. The number of carbonyl (C=O) groups is 2. The Hall–Kier alpha value is -4.26. The van der Waals surface area contributed by atoms with Crippen molar-refractivity contribution in [3.63, 3.8) is 0 Å². The Balaban J connectivity index is 1.26. The first-order valence-electron chi connectivity index (χ1n) is 11.2. The molecule has 12 nitrogen and oxygen atoms in total. The fourth-order valence-electron chi connectivity index (χ4n) is 4.10. The summed E-state index contributed by atoms with van der Waals surface area (Å²) in [5, 5.41) is 14.5. The highest BCUT2D eigenvalue weighted by Gasteiger charge is 2.24. The molecule has 0 bridgehead atoms. The number of fused-ring (bicyclic) bond motifs is 2. The maximum Gasteiger partial charge on any atom is 0.257 e. The van der Waals surface area contributed by atoms with Crippen LogP contribution in [-0.4, -0.2) is 69.4 Å². The molecule has 2 aliphatic heterocycles. The number of rotatable bonds is 4. The van der Waals surface area contributed by atoms with Crippen molar-refractivity contribution in [2.45, 2.75) is 13.5 Å². The highest BCUT2D eigenvalue weighted by atomic mass is 32.1. The number of hydrogen-bond acceptors (Lipinski definition) is 10. The summed E-state index contributed by atoms with van der Waals surface area (Å²) in [4.78, 5) is 49.1. The van der Waals surface area contributed by atoms with Crippen molar-refractivity contribution < 1.29 is 24.2 Å². The van der Waals surface area contributed by atoms with Gasteiger partial charge in [-0.25, -0.2) is 4.98 Å². The summed E-state index contributed by atoms with van der Waals surface area (Å²) in [5.41, 5.74) is -0.333. The number of piperazine rings is 1. The van der Waals surface area contributed by atoms with Crippen molar-refractivity contribution in [2.75, 3.05) is 37.9 Å². The molecule has 3 aromatic rings. The van der Waals surface area contributed by atoms with Crippen molar-refractivity contribution in [3.8, 4) is 11.5 Å². The number of carbonyl (C=O) groups excluding carboxylic acids is 2. The molecule has 186 valence electrons. The first kappa shape index (κ1) is 23.5. The Kier molecular flexibility index (Phi) is 6.14. The minimum Gasteiger partial charge on any atom is -0.545 e. The number of benzene rings is 1. The number of hydrogen-bond donors (Lipinski definition) is 1. The van der Waals surface area contributed by atoms with Gasteiger partial charge in [0.1, 0.15) is 5.65 Å². The van der Waals surface area contributed by atoms with Crippen LogP contribution in [0.3, 0.4) is 0 Å². The molecule has 1 aromatic carbocycles. The zero-order chi connectivity index (χ0) is 25.4. The number of aromatic nitrogens is 3. The van der Waals surface area contributed by atoms with Crippen LogP contribution in [0.1, 0.15) is 27.6 Å². The van der Waals surface area contributed by atoms with Gasteiger partial charge in [-0.15, -0.1) is 0 Å². The lowest BCUT2D eigenvalue weighted by Gasteiger charge is -2.36. The number of nitrogens with zero attached hydrogens (tertiary/aromatic N) is 5. The Morgan fingerprint density at radius 1 is 1.17 bits per heavy atom. The van der Waals surface area contributed by atoms with Crippen molar-refractivity contribution in [1.29, 1.82) is 0 Å². The van der Waals surface area contributed by atoms with Gasteiger partial charge in [0.15, 0.2) is 16.6 Å². The monoisotopic (exact) mass is 509 g/mol. The number of aryl methyl sites for hydroxylation is 1. The fourth-order valence-corrected chi connectivity index (χ4v) is 4.37. The standard InChI is InChI=1S/C23H22N6O6S/c1-2-27-11-15(21(32)33)18(30)14-10-24-22(25-19(14)27)28-5-7-29(8-6-28)23(36)26-20(31)13-3-4-16-17(9-13)35-12-34-16/h3-4,9-11H,2,5-8,12H2,1H3,(H,32,33)(H,26,31,36)/p-1. The molecule has 1 amide bonds. The predicted octanol–water partition coefficient (Wildman–Crippen LogP) is -0.259. The van der Waals surface area contributed by atoms with Gasteiger partial charge >= 0.3 is 0 Å². The quantitative estimate of drug-likeness (QED) is 0.465. The van der Waals surface area contributed by atoms with Crippen molar-refractivity contribution in [2.24, 2.45) is 0 Å². The fraction of sp³-hybridized carbons (Fsp3) is 0.304. The Bertz CT molecular complexity index is 1450. The van der Waals surface area contributed by atoms with Crippen LogP contribution in [0.5, 0.6) is 11.5 Å². The highest BCUT2D eigenvalue weighted by Crippen LogP contribution is 2.32. The molecule has 36 heavy (non-hydrogen) atoms. The second kappa shape index (κ2) is 9.41. The summed E-state index contributed by atoms with van der Waals surface area (Å²) in [6, 6.07) is 4.94. The molecule has 0 radical (unpaired) electrons. The van der Waals surface area contributed by atoms with Gasteiger partial charge < -0.3 is 33.7 Å². The molecule has 0 saturated carbocycles. The molecule has 2 aliphatic rings. The normalized spacial score (nSPS) is 14.7. The molecular formula is C23H21N6O6S-. The number of aromatic carboxylic acids is 1. The van der Waals surface area contributed by atoms with E-state index >= 15 is 0 Å². The molecule has 1 fully saturated rings. The number of carboxylic acids is 1. The SMILES string of the molecule is CCn1cc(C(=O)[O-])c(=O)c2cnc(N3CCN(C(=S)NC(=O)c4ccc5c(c4)OCO5)CC3)nc21. The topological polar surface area (TPSA) is 142 Å². The number of carboxylic acid groups (broad SMARTS) is 1. The number of pyridine rings is 1. The van der Waals surface area contributed by atoms with E-state index in [9.17, 15) is 19.5 Å². The zero-order valence-electron chi connectivity index (χ0n) is 19.2. The summed E-state index contributed by atoms with van der Waals surface area (Å²) >= 11 is 5.45. The van der Waals surface area contributed by atoms with Crippen LogP contribution in [0.25, 0.3) is 11.0 Å².